The quantitative estimate of drug-likeness (QED) is 0.672. The third-order valence-corrected chi connectivity index (χ3v) is 3.54. The number of carbonyl (C=O) groups is 2. The van der Waals surface area contributed by atoms with Gasteiger partial charge in [0.05, 0.1) is 6.04 Å². The molecule has 0 bridgehead atoms. The summed E-state index contributed by atoms with van der Waals surface area (Å²) in [7, 11) is 0. The van der Waals surface area contributed by atoms with Crippen molar-refractivity contribution in [1.82, 2.24) is 5.32 Å². The maximum Gasteiger partial charge on any atom is 0.408 e. The molecule has 1 aromatic carbocycles. The molecule has 0 heterocycles. The van der Waals surface area contributed by atoms with Crippen molar-refractivity contribution in [2.45, 2.75) is 51.7 Å². The first-order valence-electron chi connectivity index (χ1n) is 7.78. The van der Waals surface area contributed by atoms with Crippen LogP contribution in [0.5, 0.6) is 0 Å². The van der Waals surface area contributed by atoms with Crippen molar-refractivity contribution in [2.75, 3.05) is 0 Å². The fourth-order valence-corrected chi connectivity index (χ4v) is 2.21. The van der Waals surface area contributed by atoms with Gasteiger partial charge in [-0.05, 0) is 51.3 Å². The molecule has 0 aliphatic rings. The number of benzene rings is 1. The van der Waals surface area contributed by atoms with Gasteiger partial charge in [-0.1, -0.05) is 40.2 Å². The van der Waals surface area contributed by atoms with Gasteiger partial charge in [0.2, 0.25) is 0 Å². The van der Waals surface area contributed by atoms with Crippen LogP contribution in [0.15, 0.2) is 40.9 Å². The molecule has 1 aromatic rings. The van der Waals surface area contributed by atoms with Gasteiger partial charge in [-0.15, -0.1) is 0 Å². The summed E-state index contributed by atoms with van der Waals surface area (Å²) in [6.45, 7) is 5.34. The normalized spacial score (nSPS) is 12.8. The van der Waals surface area contributed by atoms with E-state index in [4.69, 9.17) is 9.84 Å². The van der Waals surface area contributed by atoms with Crippen LogP contribution >= 0.6 is 15.9 Å². The third-order valence-electron chi connectivity index (χ3n) is 3.01. The highest BCUT2D eigenvalue weighted by atomic mass is 79.9. The Kier molecular flexibility index (Phi) is 7.98. The number of ether oxygens (including phenoxy) is 1. The number of alkyl carbamates (subject to hydrolysis) is 1. The van der Waals surface area contributed by atoms with Gasteiger partial charge in [0.25, 0.3) is 0 Å². The summed E-state index contributed by atoms with van der Waals surface area (Å²) in [5, 5.41) is 11.5. The summed E-state index contributed by atoms with van der Waals surface area (Å²) in [6, 6.07) is 7.55. The molecule has 1 atom stereocenters. The molecule has 0 radical (unpaired) electrons. The summed E-state index contributed by atoms with van der Waals surface area (Å²) in [5.41, 5.74) is 0.534. The Labute approximate surface area is 151 Å². The highest BCUT2D eigenvalue weighted by Gasteiger charge is 2.18. The Bertz CT molecular complexity index is 576. The number of hydrogen-bond donors (Lipinski definition) is 2. The van der Waals surface area contributed by atoms with Gasteiger partial charge in [0.15, 0.2) is 0 Å². The minimum Gasteiger partial charge on any atom is -0.481 e. The fraction of sp³-hybridized carbons (Fsp3) is 0.444. The number of aliphatic carboxylic acids is 1. The summed E-state index contributed by atoms with van der Waals surface area (Å²) < 4.78 is 6.23. The third kappa shape index (κ3) is 9.35. The molecule has 1 rings (SSSR count). The number of carboxylic acids is 1. The van der Waals surface area contributed by atoms with Crippen molar-refractivity contribution in [2.24, 2.45) is 0 Å². The minimum atomic E-state index is -0.896. The highest BCUT2D eigenvalue weighted by Crippen LogP contribution is 2.12. The molecule has 0 spiro atoms. The Morgan fingerprint density at radius 2 is 1.92 bits per heavy atom. The lowest BCUT2D eigenvalue weighted by Gasteiger charge is -2.22. The second kappa shape index (κ2) is 9.47. The van der Waals surface area contributed by atoms with Crippen LogP contribution < -0.4 is 5.32 Å². The van der Waals surface area contributed by atoms with Gasteiger partial charge >= 0.3 is 12.1 Å². The van der Waals surface area contributed by atoms with Gasteiger partial charge in [-0.3, -0.25) is 4.79 Å². The van der Waals surface area contributed by atoms with Crippen molar-refractivity contribution in [3.05, 3.63) is 46.5 Å². The van der Waals surface area contributed by atoms with Crippen molar-refractivity contribution >= 4 is 28.0 Å². The Morgan fingerprint density at radius 3 is 2.46 bits per heavy atom. The lowest BCUT2D eigenvalue weighted by Crippen LogP contribution is -2.38. The standard InChI is InChI=1S/C18H24BrNO4/c1-18(2,3)24-17(23)20-15(11-12-16(21)22)6-4-5-13-7-9-14(19)10-8-13/h4,6-10,15H,5,11-12H2,1-3H3,(H,20,23)(H,21,22). The smallest absolute Gasteiger partial charge is 0.408 e. The average Bonchev–Trinajstić information content (AvgIpc) is 2.44. The lowest BCUT2D eigenvalue weighted by molar-refractivity contribution is -0.137. The molecule has 0 saturated carbocycles. The van der Waals surface area contributed by atoms with E-state index < -0.39 is 17.7 Å². The zero-order valence-corrected chi connectivity index (χ0v) is 15.8. The molecule has 0 fully saturated rings. The van der Waals surface area contributed by atoms with Gasteiger partial charge in [-0.25, -0.2) is 4.79 Å². The molecule has 0 saturated heterocycles. The first kappa shape index (κ1) is 20.2. The number of rotatable bonds is 7. The van der Waals surface area contributed by atoms with Gasteiger partial charge in [0.1, 0.15) is 5.60 Å². The maximum atomic E-state index is 11.9. The molecule has 0 aromatic heterocycles. The monoisotopic (exact) mass is 397 g/mol. The van der Waals surface area contributed by atoms with Crippen LogP contribution in [-0.4, -0.2) is 28.8 Å². The molecule has 24 heavy (non-hydrogen) atoms. The van der Waals surface area contributed by atoms with Gasteiger partial charge in [0, 0.05) is 10.9 Å². The van der Waals surface area contributed by atoms with E-state index >= 15 is 0 Å². The number of hydrogen-bond acceptors (Lipinski definition) is 3. The van der Waals surface area contributed by atoms with E-state index in [2.05, 4.69) is 21.2 Å². The van der Waals surface area contributed by atoms with E-state index in [9.17, 15) is 9.59 Å². The number of amides is 1. The van der Waals surface area contributed by atoms with Crippen molar-refractivity contribution in [1.29, 1.82) is 0 Å². The summed E-state index contributed by atoms with van der Waals surface area (Å²) in [6.07, 6.45) is 4.18. The predicted molar refractivity (Wildman–Crippen MR) is 97.0 cm³/mol. The number of allylic oxidation sites excluding steroid dienone is 1. The summed E-state index contributed by atoms with van der Waals surface area (Å²) in [4.78, 5) is 22.6. The zero-order valence-electron chi connectivity index (χ0n) is 14.2. The van der Waals surface area contributed by atoms with Crippen LogP contribution in [-0.2, 0) is 16.0 Å². The van der Waals surface area contributed by atoms with Crippen molar-refractivity contribution in [3.63, 3.8) is 0 Å². The first-order chi connectivity index (χ1) is 11.2. The Balaban J connectivity index is 2.63. The van der Waals surface area contributed by atoms with Gasteiger partial charge < -0.3 is 15.2 Å². The topological polar surface area (TPSA) is 75.6 Å². The van der Waals surface area contributed by atoms with Crippen LogP contribution in [0.4, 0.5) is 4.79 Å². The minimum absolute atomic E-state index is 0.0247. The first-order valence-corrected chi connectivity index (χ1v) is 8.57. The molecule has 0 aliphatic carbocycles. The van der Waals surface area contributed by atoms with Crippen LogP contribution in [0.3, 0.4) is 0 Å². The van der Waals surface area contributed by atoms with Crippen molar-refractivity contribution < 1.29 is 19.4 Å². The lowest BCUT2D eigenvalue weighted by atomic mass is 10.1. The van der Waals surface area contributed by atoms with Crippen LogP contribution in [0.25, 0.3) is 0 Å². The van der Waals surface area contributed by atoms with E-state index in [1.54, 1.807) is 20.8 Å². The van der Waals surface area contributed by atoms with E-state index in [-0.39, 0.29) is 12.5 Å². The highest BCUT2D eigenvalue weighted by molar-refractivity contribution is 9.10. The molecule has 5 nitrogen and oxygen atoms in total. The van der Waals surface area contributed by atoms with Crippen LogP contribution in [0.1, 0.15) is 39.2 Å². The second-order valence-electron chi connectivity index (χ2n) is 6.44. The van der Waals surface area contributed by atoms with Crippen LogP contribution in [0.2, 0.25) is 0 Å². The average molecular weight is 398 g/mol. The van der Waals surface area contributed by atoms with Gasteiger partial charge in [-0.2, -0.15) is 0 Å². The van der Waals surface area contributed by atoms with E-state index in [1.165, 1.54) is 0 Å². The number of carboxylic acid groups (broad SMARTS) is 1. The Morgan fingerprint density at radius 1 is 1.29 bits per heavy atom. The summed E-state index contributed by atoms with van der Waals surface area (Å²) in [5.74, 6) is -0.896. The van der Waals surface area contributed by atoms with Crippen molar-refractivity contribution in [3.8, 4) is 0 Å². The number of nitrogens with one attached hydrogen (secondary N) is 1. The number of halogens is 1. The number of carbonyl (C=O) groups excluding carboxylic acids is 1. The molecule has 2 N–H and O–H groups in total. The largest absolute Gasteiger partial charge is 0.481 e. The molecular formula is C18H24BrNO4. The zero-order chi connectivity index (χ0) is 18.2. The molecule has 1 unspecified atom stereocenters. The fourth-order valence-electron chi connectivity index (χ4n) is 1.94. The summed E-state index contributed by atoms with van der Waals surface area (Å²) >= 11 is 3.39. The SMILES string of the molecule is CC(C)(C)OC(=O)NC(C=CCc1ccc(Br)cc1)CCC(=O)O. The maximum absolute atomic E-state index is 11.9. The van der Waals surface area contributed by atoms with Crippen LogP contribution in [0, 0.1) is 0 Å². The second-order valence-corrected chi connectivity index (χ2v) is 7.36. The molecule has 1 amide bonds. The van der Waals surface area contributed by atoms with E-state index in [0.29, 0.717) is 12.8 Å². The van der Waals surface area contributed by atoms with E-state index in [1.807, 2.05) is 36.4 Å². The Hall–Kier alpha value is -1.82. The molecule has 0 aliphatic heterocycles. The molecule has 6 heteroatoms. The predicted octanol–water partition coefficient (Wildman–Crippen LogP) is 4.31. The molecular weight excluding hydrogens is 374 g/mol. The van der Waals surface area contributed by atoms with E-state index in [0.717, 1.165) is 10.0 Å². The molecule has 132 valence electrons.